The molecule has 0 aromatic heterocycles. The lowest BCUT2D eigenvalue weighted by Gasteiger charge is -2.05. The first-order valence-corrected chi connectivity index (χ1v) is 2.50. The predicted molar refractivity (Wildman–Crippen MR) is 30.4 cm³/mol. The second-order valence-electron chi connectivity index (χ2n) is 1.34. The van der Waals surface area contributed by atoms with E-state index in [-0.39, 0.29) is 6.61 Å². The van der Waals surface area contributed by atoms with E-state index in [1.165, 1.54) is 13.0 Å². The van der Waals surface area contributed by atoms with Gasteiger partial charge >= 0.3 is 0 Å². The molecule has 0 rings (SSSR count). The van der Waals surface area contributed by atoms with Gasteiger partial charge in [-0.3, -0.25) is 0 Å². The zero-order chi connectivity index (χ0) is 7.11. The minimum absolute atomic E-state index is 0.272. The van der Waals surface area contributed by atoms with Crippen LogP contribution in [0.2, 0.25) is 0 Å². The van der Waals surface area contributed by atoms with Gasteiger partial charge in [0.25, 0.3) is 0 Å². The summed E-state index contributed by atoms with van der Waals surface area (Å²) in [5.74, 6) is 0. The molecule has 0 aliphatic rings. The molecule has 0 saturated heterocycles. The van der Waals surface area contributed by atoms with Crippen molar-refractivity contribution in [2.75, 3.05) is 6.61 Å². The average molecular weight is 134 g/mol. The molecule has 0 aromatic rings. The molecular formula is C5H10O4. The lowest BCUT2D eigenvalue weighted by molar-refractivity contribution is -0.439. The Labute approximate surface area is 53.5 Å². The largest absolute Gasteiger partial charge is 0.249 e. The van der Waals surface area contributed by atoms with Crippen molar-refractivity contribution in [2.24, 2.45) is 0 Å². The summed E-state index contributed by atoms with van der Waals surface area (Å²) in [7, 11) is 0. The molecule has 0 aliphatic carbocycles. The smallest absolute Gasteiger partial charge is 0.221 e. The monoisotopic (exact) mass is 134 g/mol. The molecule has 0 fully saturated rings. The third kappa shape index (κ3) is 5.45. The highest BCUT2D eigenvalue weighted by atomic mass is 17.3. The van der Waals surface area contributed by atoms with Crippen LogP contribution in [0.4, 0.5) is 0 Å². The van der Waals surface area contributed by atoms with E-state index in [0.717, 1.165) is 0 Å². The van der Waals surface area contributed by atoms with Gasteiger partial charge in [0.05, 0.1) is 0 Å². The summed E-state index contributed by atoms with van der Waals surface area (Å²) < 4.78 is 0. The minimum Gasteiger partial charge on any atom is -0.249 e. The van der Waals surface area contributed by atoms with E-state index < -0.39 is 6.29 Å². The van der Waals surface area contributed by atoms with E-state index in [2.05, 4.69) is 21.2 Å². The van der Waals surface area contributed by atoms with E-state index >= 15 is 0 Å². The molecule has 0 bridgehead atoms. The van der Waals surface area contributed by atoms with Crippen molar-refractivity contribution in [2.45, 2.75) is 13.2 Å². The van der Waals surface area contributed by atoms with Crippen molar-refractivity contribution >= 4 is 0 Å². The van der Waals surface area contributed by atoms with Crippen LogP contribution in [0, 0.1) is 0 Å². The quantitative estimate of drug-likeness (QED) is 0.200. The normalized spacial score (nSPS) is 13.1. The molecule has 0 radical (unpaired) electrons. The molecule has 0 aromatic carbocycles. The van der Waals surface area contributed by atoms with Crippen molar-refractivity contribution < 1.29 is 19.9 Å². The Morgan fingerprint density at radius 1 is 1.78 bits per heavy atom. The number of hydrogen-bond acceptors (Lipinski definition) is 4. The maximum atomic E-state index is 7.90. The average Bonchev–Trinajstić information content (AvgIpc) is 1.89. The molecule has 9 heavy (non-hydrogen) atoms. The van der Waals surface area contributed by atoms with Crippen LogP contribution in [0.15, 0.2) is 12.7 Å². The molecule has 1 atom stereocenters. The maximum Gasteiger partial charge on any atom is 0.221 e. The summed E-state index contributed by atoms with van der Waals surface area (Å²) in [5.41, 5.74) is 0. The summed E-state index contributed by atoms with van der Waals surface area (Å²) in [6.45, 7) is 5.14. The second-order valence-corrected chi connectivity index (χ2v) is 1.34. The fourth-order valence-corrected chi connectivity index (χ4v) is 0.201. The highest BCUT2D eigenvalue weighted by Gasteiger charge is 1.98. The molecule has 4 nitrogen and oxygen atoms in total. The van der Waals surface area contributed by atoms with Crippen molar-refractivity contribution in [1.29, 1.82) is 0 Å². The Morgan fingerprint density at radius 2 is 2.44 bits per heavy atom. The van der Waals surface area contributed by atoms with Crippen LogP contribution in [0.1, 0.15) is 6.92 Å². The zero-order valence-corrected chi connectivity index (χ0v) is 5.24. The Bertz CT molecular complexity index is 73.4. The SMILES string of the molecule is C=CCOOC(C)OO. The van der Waals surface area contributed by atoms with E-state index in [4.69, 9.17) is 5.26 Å². The molecule has 0 spiro atoms. The summed E-state index contributed by atoms with van der Waals surface area (Å²) >= 11 is 0. The Hall–Kier alpha value is -0.420. The molecule has 4 heteroatoms. The lowest BCUT2D eigenvalue weighted by Crippen LogP contribution is -2.10. The van der Waals surface area contributed by atoms with Crippen LogP contribution in [0.25, 0.3) is 0 Å². The van der Waals surface area contributed by atoms with Crippen molar-refractivity contribution in [3.05, 3.63) is 12.7 Å². The standard InChI is InChI=1S/C5H10O4/c1-3-4-7-9-5(2)8-6/h3,5-6H,1,4H2,2H3. The number of rotatable bonds is 5. The van der Waals surface area contributed by atoms with Crippen LogP contribution in [-0.2, 0) is 14.7 Å². The second kappa shape index (κ2) is 5.71. The summed E-state index contributed by atoms with van der Waals surface area (Å²) in [6, 6.07) is 0. The summed E-state index contributed by atoms with van der Waals surface area (Å²) in [4.78, 5) is 12.5. The Morgan fingerprint density at radius 3 is 2.89 bits per heavy atom. The topological polar surface area (TPSA) is 47.9 Å². The first-order chi connectivity index (χ1) is 4.31. The van der Waals surface area contributed by atoms with Crippen molar-refractivity contribution in [3.63, 3.8) is 0 Å². The Balaban J connectivity index is 2.96. The molecule has 0 amide bonds. The van der Waals surface area contributed by atoms with Gasteiger partial charge in [0.1, 0.15) is 6.61 Å². The molecule has 1 N–H and O–H groups in total. The van der Waals surface area contributed by atoms with Gasteiger partial charge in [-0.2, -0.15) is 0 Å². The predicted octanol–water partition coefficient (Wildman–Crippen LogP) is 0.956. The Kier molecular flexibility index (Phi) is 5.45. The van der Waals surface area contributed by atoms with Crippen LogP contribution in [-0.4, -0.2) is 18.2 Å². The van der Waals surface area contributed by atoms with Crippen LogP contribution in [0.5, 0.6) is 0 Å². The van der Waals surface area contributed by atoms with Gasteiger partial charge in [0.15, 0.2) is 0 Å². The van der Waals surface area contributed by atoms with Crippen LogP contribution < -0.4 is 0 Å². The number of hydrogen-bond donors (Lipinski definition) is 1. The molecule has 0 aliphatic heterocycles. The van der Waals surface area contributed by atoms with Gasteiger partial charge in [0.2, 0.25) is 6.29 Å². The van der Waals surface area contributed by atoms with E-state index in [1.54, 1.807) is 0 Å². The fraction of sp³-hybridized carbons (Fsp3) is 0.600. The van der Waals surface area contributed by atoms with E-state index in [1.807, 2.05) is 0 Å². The molecule has 54 valence electrons. The van der Waals surface area contributed by atoms with Gasteiger partial charge in [-0.05, 0) is 6.92 Å². The van der Waals surface area contributed by atoms with Gasteiger partial charge < -0.3 is 0 Å². The highest BCUT2D eigenvalue weighted by Crippen LogP contribution is 1.90. The maximum absolute atomic E-state index is 7.90. The molecular weight excluding hydrogens is 124 g/mol. The molecule has 1 unspecified atom stereocenters. The zero-order valence-electron chi connectivity index (χ0n) is 5.24. The van der Waals surface area contributed by atoms with Gasteiger partial charge in [-0.1, -0.05) is 6.08 Å². The van der Waals surface area contributed by atoms with Crippen molar-refractivity contribution in [1.82, 2.24) is 0 Å². The third-order valence-electron chi connectivity index (χ3n) is 0.538. The molecule has 0 saturated carbocycles. The highest BCUT2D eigenvalue weighted by molar-refractivity contribution is 4.62. The van der Waals surface area contributed by atoms with Crippen molar-refractivity contribution in [3.8, 4) is 0 Å². The van der Waals surface area contributed by atoms with E-state index in [9.17, 15) is 0 Å². The third-order valence-corrected chi connectivity index (χ3v) is 0.538. The van der Waals surface area contributed by atoms with Gasteiger partial charge in [-0.25, -0.2) is 19.9 Å². The van der Waals surface area contributed by atoms with Crippen LogP contribution in [0.3, 0.4) is 0 Å². The van der Waals surface area contributed by atoms with Gasteiger partial charge in [0, 0.05) is 0 Å². The first-order valence-electron chi connectivity index (χ1n) is 2.50. The summed E-state index contributed by atoms with van der Waals surface area (Å²) in [6.07, 6.45) is 0.759. The molecule has 0 heterocycles. The lowest BCUT2D eigenvalue weighted by atomic mass is 10.7. The first kappa shape index (κ1) is 8.58. The van der Waals surface area contributed by atoms with Gasteiger partial charge in [-0.15, -0.1) is 6.58 Å². The minimum atomic E-state index is -0.759. The summed E-state index contributed by atoms with van der Waals surface area (Å²) in [5, 5.41) is 7.90. The van der Waals surface area contributed by atoms with Crippen LogP contribution >= 0.6 is 0 Å². The van der Waals surface area contributed by atoms with E-state index in [0.29, 0.717) is 0 Å². The fourth-order valence-electron chi connectivity index (χ4n) is 0.201.